The summed E-state index contributed by atoms with van der Waals surface area (Å²) in [5.74, 6) is 1.35. The van der Waals surface area contributed by atoms with E-state index in [4.69, 9.17) is 24.7 Å². The van der Waals surface area contributed by atoms with Crippen molar-refractivity contribution in [2.75, 3.05) is 21.3 Å². The Hall–Kier alpha value is -3.34. The monoisotopic (exact) mass is 384 g/mol. The zero-order chi connectivity index (χ0) is 20.6. The lowest BCUT2D eigenvalue weighted by atomic mass is 9.78. The first-order valence-electron chi connectivity index (χ1n) is 8.73. The first-order valence-corrected chi connectivity index (χ1v) is 8.73. The molecule has 3 N–H and O–H groups in total. The van der Waals surface area contributed by atoms with Crippen LogP contribution in [0.3, 0.4) is 0 Å². The molecule has 0 spiro atoms. The molecule has 0 aliphatic carbocycles. The number of allylic oxidation sites excluding steroid dienone is 1. The number of benzene rings is 1. The molecular formula is C20H24N4O4. The van der Waals surface area contributed by atoms with Gasteiger partial charge in [-0.25, -0.2) is 0 Å². The summed E-state index contributed by atoms with van der Waals surface area (Å²) in [6.07, 6.45) is 0. The Bertz CT molecular complexity index is 954. The van der Waals surface area contributed by atoms with E-state index in [1.807, 2.05) is 12.1 Å². The summed E-state index contributed by atoms with van der Waals surface area (Å²) >= 11 is 0. The van der Waals surface area contributed by atoms with E-state index in [9.17, 15) is 5.26 Å². The van der Waals surface area contributed by atoms with Crippen LogP contribution in [0.4, 0.5) is 0 Å². The van der Waals surface area contributed by atoms with Crippen molar-refractivity contribution >= 4 is 0 Å². The third kappa shape index (κ3) is 2.99. The van der Waals surface area contributed by atoms with E-state index in [1.165, 1.54) is 0 Å². The van der Waals surface area contributed by atoms with Gasteiger partial charge in [-0.2, -0.15) is 5.26 Å². The van der Waals surface area contributed by atoms with Gasteiger partial charge in [-0.1, -0.05) is 20.8 Å². The number of ether oxygens (including phenoxy) is 4. The Morgan fingerprint density at radius 3 is 2.21 bits per heavy atom. The van der Waals surface area contributed by atoms with Gasteiger partial charge in [0.2, 0.25) is 17.5 Å². The van der Waals surface area contributed by atoms with Gasteiger partial charge in [-0.3, -0.25) is 5.10 Å². The van der Waals surface area contributed by atoms with Crippen molar-refractivity contribution in [3.05, 3.63) is 40.4 Å². The Morgan fingerprint density at radius 2 is 1.75 bits per heavy atom. The summed E-state index contributed by atoms with van der Waals surface area (Å²) in [7, 11) is 4.63. The van der Waals surface area contributed by atoms with Crippen molar-refractivity contribution in [3.8, 4) is 29.2 Å². The molecule has 1 aromatic heterocycles. The average molecular weight is 384 g/mol. The van der Waals surface area contributed by atoms with E-state index < -0.39 is 5.92 Å². The number of hydrogen-bond acceptors (Lipinski definition) is 7. The highest BCUT2D eigenvalue weighted by Gasteiger charge is 2.38. The molecule has 2 heterocycles. The molecule has 1 aromatic carbocycles. The number of H-pyrrole nitrogens is 1. The second-order valence-corrected chi connectivity index (χ2v) is 7.45. The number of fused-ring (bicyclic) bond motifs is 1. The number of nitrogens with zero attached hydrogens (tertiary/aromatic N) is 2. The number of aromatic nitrogens is 2. The summed E-state index contributed by atoms with van der Waals surface area (Å²) in [6, 6.07) is 5.81. The number of aromatic amines is 1. The molecule has 1 aliphatic rings. The molecule has 0 saturated heterocycles. The molecule has 8 nitrogen and oxygen atoms in total. The summed E-state index contributed by atoms with van der Waals surface area (Å²) < 4.78 is 22.0. The van der Waals surface area contributed by atoms with Gasteiger partial charge in [0.1, 0.15) is 11.6 Å². The van der Waals surface area contributed by atoms with Gasteiger partial charge < -0.3 is 24.7 Å². The van der Waals surface area contributed by atoms with Crippen LogP contribution in [-0.4, -0.2) is 31.5 Å². The standard InChI is InChI=1S/C20H24N4O4/c1-20(2,3)17-15-14(11(9-21)18(22)28-19(15)24-23-17)10-7-12(25-4)16(27-6)13(8-10)26-5/h7-8,14H,22H2,1-6H3,(H,23,24)/t14-/m1/s1. The molecule has 0 bridgehead atoms. The highest BCUT2D eigenvalue weighted by molar-refractivity contribution is 5.61. The fraction of sp³-hybridized carbons (Fsp3) is 0.400. The molecule has 28 heavy (non-hydrogen) atoms. The molecule has 8 heteroatoms. The lowest BCUT2D eigenvalue weighted by molar-refractivity contribution is 0.323. The molecule has 0 amide bonds. The summed E-state index contributed by atoms with van der Waals surface area (Å²) in [5.41, 5.74) is 8.48. The number of methoxy groups -OCH3 is 3. The lowest BCUT2D eigenvalue weighted by Gasteiger charge is -2.28. The van der Waals surface area contributed by atoms with Crippen LogP contribution >= 0.6 is 0 Å². The first-order chi connectivity index (χ1) is 13.3. The minimum absolute atomic E-state index is 0.0284. The highest BCUT2D eigenvalue weighted by atomic mass is 16.5. The maximum absolute atomic E-state index is 9.82. The topological polar surface area (TPSA) is 115 Å². The van der Waals surface area contributed by atoms with Gasteiger partial charge in [-0.15, -0.1) is 5.10 Å². The maximum atomic E-state index is 9.82. The van der Waals surface area contributed by atoms with Gasteiger partial charge in [0, 0.05) is 11.1 Å². The van der Waals surface area contributed by atoms with Crippen LogP contribution in [0.25, 0.3) is 0 Å². The van der Waals surface area contributed by atoms with Gasteiger partial charge in [0.25, 0.3) is 0 Å². The van der Waals surface area contributed by atoms with E-state index in [0.29, 0.717) is 28.7 Å². The second-order valence-electron chi connectivity index (χ2n) is 7.45. The van der Waals surface area contributed by atoms with Gasteiger partial charge in [-0.05, 0) is 17.7 Å². The molecule has 3 rings (SSSR count). The minimum Gasteiger partial charge on any atom is -0.493 e. The normalized spacial score (nSPS) is 16.1. The predicted octanol–water partition coefficient (Wildman–Crippen LogP) is 2.95. The third-order valence-corrected chi connectivity index (χ3v) is 4.71. The summed E-state index contributed by atoms with van der Waals surface area (Å²) in [4.78, 5) is 0. The maximum Gasteiger partial charge on any atom is 0.244 e. The van der Waals surface area contributed by atoms with Crippen molar-refractivity contribution in [2.24, 2.45) is 5.73 Å². The van der Waals surface area contributed by atoms with Crippen molar-refractivity contribution in [1.29, 1.82) is 5.26 Å². The number of rotatable bonds is 4. The number of hydrogen-bond donors (Lipinski definition) is 2. The molecule has 1 atom stereocenters. The zero-order valence-corrected chi connectivity index (χ0v) is 16.8. The summed E-state index contributed by atoms with van der Waals surface area (Å²) in [6.45, 7) is 6.17. The van der Waals surface area contributed by atoms with Crippen LogP contribution in [0.15, 0.2) is 23.6 Å². The van der Waals surface area contributed by atoms with Crippen LogP contribution in [0, 0.1) is 11.3 Å². The number of nitrogens with one attached hydrogen (secondary N) is 1. The second kappa shape index (κ2) is 7.00. The van der Waals surface area contributed by atoms with Crippen molar-refractivity contribution < 1.29 is 18.9 Å². The first kappa shape index (κ1) is 19.4. The Kier molecular flexibility index (Phi) is 4.86. The van der Waals surface area contributed by atoms with E-state index in [0.717, 1.165) is 16.8 Å². The summed E-state index contributed by atoms with van der Waals surface area (Å²) in [5, 5.41) is 17.1. The van der Waals surface area contributed by atoms with Crippen molar-refractivity contribution in [1.82, 2.24) is 10.2 Å². The quantitative estimate of drug-likeness (QED) is 0.832. The van der Waals surface area contributed by atoms with Crippen molar-refractivity contribution in [3.63, 3.8) is 0 Å². The van der Waals surface area contributed by atoms with Gasteiger partial charge >= 0.3 is 0 Å². The molecule has 0 unspecified atom stereocenters. The fourth-order valence-electron chi connectivity index (χ4n) is 3.42. The van der Waals surface area contributed by atoms with Crippen LogP contribution < -0.4 is 24.7 Å². The molecule has 0 saturated carbocycles. The smallest absolute Gasteiger partial charge is 0.244 e. The van der Waals surface area contributed by atoms with E-state index in [2.05, 4.69) is 37.0 Å². The lowest BCUT2D eigenvalue weighted by Crippen LogP contribution is -2.24. The Balaban J connectivity index is 2.32. The Morgan fingerprint density at radius 1 is 1.14 bits per heavy atom. The van der Waals surface area contributed by atoms with Gasteiger partial charge in [0.05, 0.1) is 32.8 Å². The van der Waals surface area contributed by atoms with Crippen LogP contribution in [0.2, 0.25) is 0 Å². The van der Waals surface area contributed by atoms with Crippen LogP contribution in [0.1, 0.15) is 43.5 Å². The van der Waals surface area contributed by atoms with Crippen molar-refractivity contribution in [2.45, 2.75) is 32.1 Å². The SMILES string of the molecule is COc1cc([C@@H]2C(C#N)=C(N)Oc3n[nH]c(C(C)(C)C)c32)cc(OC)c1OC. The third-order valence-electron chi connectivity index (χ3n) is 4.71. The molecule has 0 fully saturated rings. The fourth-order valence-corrected chi connectivity index (χ4v) is 3.42. The van der Waals surface area contributed by atoms with E-state index in [1.54, 1.807) is 21.3 Å². The van der Waals surface area contributed by atoms with Crippen LogP contribution in [0.5, 0.6) is 23.1 Å². The zero-order valence-electron chi connectivity index (χ0n) is 16.8. The van der Waals surface area contributed by atoms with E-state index >= 15 is 0 Å². The largest absolute Gasteiger partial charge is 0.493 e. The average Bonchev–Trinajstić information content (AvgIpc) is 3.09. The molecular weight excluding hydrogens is 360 g/mol. The van der Waals surface area contributed by atoms with E-state index in [-0.39, 0.29) is 11.3 Å². The predicted molar refractivity (Wildman–Crippen MR) is 103 cm³/mol. The molecule has 0 radical (unpaired) electrons. The highest BCUT2D eigenvalue weighted by Crippen LogP contribution is 2.48. The molecule has 148 valence electrons. The Labute approximate surface area is 163 Å². The number of nitriles is 1. The number of nitrogens with two attached hydrogens (primary N) is 1. The minimum atomic E-state index is -0.490. The molecule has 2 aromatic rings. The van der Waals surface area contributed by atoms with Crippen LogP contribution in [-0.2, 0) is 5.41 Å². The van der Waals surface area contributed by atoms with Gasteiger partial charge in [0.15, 0.2) is 11.5 Å². The molecule has 1 aliphatic heterocycles.